The molecule has 37 heavy (non-hydrogen) atoms. The van der Waals surface area contributed by atoms with Crippen molar-refractivity contribution in [3.63, 3.8) is 0 Å². The molecule has 1 fully saturated rings. The second kappa shape index (κ2) is 32.7. The van der Waals surface area contributed by atoms with Crippen molar-refractivity contribution in [1.82, 2.24) is 4.90 Å². The van der Waals surface area contributed by atoms with Crippen LogP contribution in [0.1, 0.15) is 15.9 Å². The van der Waals surface area contributed by atoms with Gasteiger partial charge in [0.2, 0.25) is 0 Å². The van der Waals surface area contributed by atoms with Crippen molar-refractivity contribution < 1.29 is 159 Å². The molecule has 0 saturated carbocycles. The van der Waals surface area contributed by atoms with Crippen LogP contribution in [-0.4, -0.2) is 102 Å². The number of hydrogen-bond acceptors (Lipinski definition) is 5. The Balaban J connectivity index is -0.000000193. The van der Waals surface area contributed by atoms with Crippen molar-refractivity contribution >= 4 is 23.9 Å². The summed E-state index contributed by atoms with van der Waals surface area (Å²) in [6, 6.07) is 7.13. The minimum atomic E-state index is -1.08. The van der Waals surface area contributed by atoms with E-state index in [9.17, 15) is 4.79 Å². The van der Waals surface area contributed by atoms with Gasteiger partial charge in [0, 0.05) is 6.54 Å². The standard InChI is InChI=1S/C16H23N4O2.3C2H3O2.3Gd/c21-16(22)15-3-1-2-14(12-15)13-20-10-8-18-6-4-17-5-7-19-9-11-20;3*1-2(3)4;;;/h1-3,12H,4-11,13H2,(H,21,22);3*1H2,(H,3,4);;;/q-3;3*-1;3*+2. The minimum Gasteiger partial charge on any atom is -0.665 e. The number of hydrogen-bond donors (Lipinski definition) is 4. The quantitative estimate of drug-likeness (QED) is 0.328. The Morgan fingerprint density at radius 3 is 1.41 bits per heavy atom. The fourth-order valence-corrected chi connectivity index (χ4v) is 2.37. The van der Waals surface area contributed by atoms with E-state index in [4.69, 9.17) is 34.8 Å². The van der Waals surface area contributed by atoms with Gasteiger partial charge >= 0.3 is 126 Å². The average molecular weight is 952 g/mol. The number of carboxylic acids is 4. The average Bonchev–Trinajstić information content (AvgIpc) is 2.69. The summed E-state index contributed by atoms with van der Waals surface area (Å²) in [6.45, 7) is 14.8. The molecule has 1 heterocycles. The van der Waals surface area contributed by atoms with Gasteiger partial charge in [-0.1, -0.05) is 12.1 Å². The van der Waals surface area contributed by atoms with Crippen LogP contribution in [0.25, 0.3) is 16.0 Å². The predicted molar refractivity (Wildman–Crippen MR) is 127 cm³/mol. The van der Waals surface area contributed by atoms with Crippen molar-refractivity contribution in [2.24, 2.45) is 0 Å². The summed E-state index contributed by atoms with van der Waals surface area (Å²) >= 11 is 0. The molecule has 0 aliphatic carbocycles. The molecule has 0 unspecified atom stereocenters. The van der Waals surface area contributed by atoms with E-state index in [1.807, 2.05) is 6.07 Å². The third-order valence-electron chi connectivity index (χ3n) is 3.56. The molecule has 0 aromatic heterocycles. The first-order valence-electron chi connectivity index (χ1n) is 10.0. The van der Waals surface area contributed by atoms with Crippen molar-refractivity contribution in [3.8, 4) is 0 Å². The number of rotatable bonds is 3. The van der Waals surface area contributed by atoms with E-state index in [1.165, 1.54) is 0 Å². The van der Waals surface area contributed by atoms with Crippen molar-refractivity contribution in [1.29, 1.82) is 0 Å². The fraction of sp³-hybridized carbons (Fsp3) is 0.409. The maximum atomic E-state index is 11.0. The number of aliphatic carboxylic acids is 3. The molecule has 0 spiro atoms. The van der Waals surface area contributed by atoms with Gasteiger partial charge in [-0.15, -0.1) is 13.1 Å². The zero-order valence-corrected chi connectivity index (χ0v) is 26.9. The van der Waals surface area contributed by atoms with E-state index in [2.05, 4.69) is 41.6 Å². The summed E-state index contributed by atoms with van der Waals surface area (Å²) in [6.07, 6.45) is 0. The summed E-state index contributed by atoms with van der Waals surface area (Å²) < 4.78 is 0. The number of carboxylic acid groups (broad SMARTS) is 4. The molecule has 1 aliphatic heterocycles. The van der Waals surface area contributed by atoms with Crippen LogP contribution in [0.15, 0.2) is 24.3 Å². The molecule has 0 atom stereocenters. The molecule has 0 bridgehead atoms. The summed E-state index contributed by atoms with van der Waals surface area (Å²) in [5, 5.41) is 44.3. The van der Waals surface area contributed by atoms with Gasteiger partial charge in [-0.2, -0.15) is 26.2 Å². The molecule has 4 N–H and O–H groups in total. The van der Waals surface area contributed by atoms with Crippen LogP contribution < -0.4 is 0 Å². The van der Waals surface area contributed by atoms with Gasteiger partial charge in [0.15, 0.2) is 17.9 Å². The van der Waals surface area contributed by atoms with E-state index in [0.29, 0.717) is 5.56 Å². The van der Waals surface area contributed by atoms with Crippen LogP contribution in [0.4, 0.5) is 0 Å². The van der Waals surface area contributed by atoms with Crippen molar-refractivity contribution in [3.05, 3.63) is 72.1 Å². The molecule has 1 saturated heterocycles. The maximum absolute atomic E-state index is 11.0. The summed E-state index contributed by atoms with van der Waals surface area (Å²) in [4.78, 5) is 40.0. The number of nitrogens with zero attached hydrogens (tertiary/aromatic N) is 4. The summed E-state index contributed by atoms with van der Waals surface area (Å²) in [7, 11) is 0. The molecule has 0 radical (unpaired) electrons. The van der Waals surface area contributed by atoms with Crippen molar-refractivity contribution in [2.45, 2.75) is 6.54 Å². The van der Waals surface area contributed by atoms with Gasteiger partial charge in [-0.05, 0) is 30.8 Å². The number of carbonyl (C=O) groups is 4. The van der Waals surface area contributed by atoms with Crippen LogP contribution in [0.3, 0.4) is 0 Å². The fourth-order valence-electron chi connectivity index (χ4n) is 2.37. The molecule has 0 amide bonds. The van der Waals surface area contributed by atoms with Gasteiger partial charge in [0.25, 0.3) is 0 Å². The van der Waals surface area contributed by atoms with Gasteiger partial charge in [0.05, 0.1) is 5.56 Å². The Hall–Kier alpha value is 0.524. The topological polar surface area (TPSA) is 195 Å². The molecule has 1 aromatic rings. The van der Waals surface area contributed by atoms with Gasteiger partial charge in [0.1, 0.15) is 0 Å². The van der Waals surface area contributed by atoms with E-state index in [0.717, 1.165) is 64.5 Å². The molecule has 15 heteroatoms. The summed E-state index contributed by atoms with van der Waals surface area (Å²) in [5.74, 6) is -4.13. The maximum Gasteiger partial charge on any atom is 2.00 e. The first kappa shape index (κ1) is 47.3. The van der Waals surface area contributed by atoms with E-state index in [1.54, 1.807) is 18.2 Å². The van der Waals surface area contributed by atoms with Crippen LogP contribution in [0.2, 0.25) is 0 Å². The van der Waals surface area contributed by atoms with Gasteiger partial charge < -0.3 is 41.3 Å². The van der Waals surface area contributed by atoms with Crippen LogP contribution >= 0.6 is 0 Å². The normalized spacial score (nSPS) is 13.3. The number of aromatic carboxylic acids is 1. The molecule has 2 rings (SSSR count). The van der Waals surface area contributed by atoms with Crippen molar-refractivity contribution in [2.75, 3.05) is 52.4 Å². The van der Waals surface area contributed by atoms with Crippen LogP contribution in [-0.2, 0) is 20.9 Å². The molecule has 1 aromatic carbocycles. The predicted octanol–water partition coefficient (Wildman–Crippen LogP) is 2.04. The van der Waals surface area contributed by atoms with E-state index in [-0.39, 0.29) is 120 Å². The SMILES string of the molecule is O=C(O)c1cccc(CN2CC[N-]CC[N-]CC[N-]CC2)c1.[CH2-]C(=O)O.[CH2-]C(=O)O.[CH2-]C(=O)O.[Gd+2].[Gd+2].[Gd+2]. The second-order valence-electron chi connectivity index (χ2n) is 6.48. The van der Waals surface area contributed by atoms with Crippen LogP contribution in [0, 0.1) is 141 Å². The van der Waals surface area contributed by atoms with Gasteiger partial charge in [-0.3, -0.25) is 35.2 Å². The third-order valence-corrected chi connectivity index (χ3v) is 3.56. The Labute approximate surface area is 314 Å². The van der Waals surface area contributed by atoms with E-state index >= 15 is 0 Å². The van der Waals surface area contributed by atoms with Gasteiger partial charge in [-0.25, -0.2) is 4.79 Å². The smallest absolute Gasteiger partial charge is 0.665 e. The third kappa shape index (κ3) is 41.2. The summed E-state index contributed by atoms with van der Waals surface area (Å²) in [5.41, 5.74) is 1.35. The first-order chi connectivity index (χ1) is 16.0. The monoisotopic (exact) mass is 954 g/mol. The molecule has 12 nitrogen and oxygen atoms in total. The number of benzene rings is 1. The molecular weight excluding hydrogens is 920 g/mol. The zero-order valence-electron chi connectivity index (χ0n) is 20.1. The Morgan fingerprint density at radius 2 is 1.05 bits per heavy atom. The Bertz CT molecular complexity index is 693. The zero-order chi connectivity index (χ0) is 26.4. The Kier molecular flexibility index (Phi) is 41.9. The molecule has 212 valence electrons. The second-order valence-corrected chi connectivity index (χ2v) is 6.48. The Morgan fingerprint density at radius 1 is 0.703 bits per heavy atom. The minimum absolute atomic E-state index is 0. The van der Waals surface area contributed by atoms with Crippen LogP contribution in [0.5, 0.6) is 0 Å². The first-order valence-corrected chi connectivity index (χ1v) is 10.0. The van der Waals surface area contributed by atoms with E-state index < -0.39 is 23.9 Å². The molecule has 1 aliphatic rings. The largest absolute Gasteiger partial charge is 2.00 e. The molecular formula is C22H32Gd3N4O8.